The first kappa shape index (κ1) is 8.05. The minimum absolute atomic E-state index is 0.400. The van der Waals surface area contributed by atoms with Crippen molar-refractivity contribution in [3.8, 4) is 5.75 Å². The Morgan fingerprint density at radius 2 is 2.00 bits per heavy atom. The monoisotopic (exact) mass is 227 g/mol. The van der Waals surface area contributed by atoms with E-state index in [9.17, 15) is 0 Å². The summed E-state index contributed by atoms with van der Waals surface area (Å²) in [6.07, 6.45) is 6.13. The number of nitrogens with zero attached hydrogens (tertiary/aromatic N) is 1. The van der Waals surface area contributed by atoms with Gasteiger partial charge in [-0.2, -0.15) is 0 Å². The van der Waals surface area contributed by atoms with Crippen molar-refractivity contribution in [3.63, 3.8) is 0 Å². The summed E-state index contributed by atoms with van der Waals surface area (Å²) < 4.78 is 5.65. The lowest BCUT2D eigenvalue weighted by Crippen LogP contribution is -2.33. The summed E-state index contributed by atoms with van der Waals surface area (Å²) in [6, 6.07) is 3.78. The second-order valence-electron chi connectivity index (χ2n) is 2.99. The number of aromatic nitrogens is 1. The lowest BCUT2D eigenvalue weighted by atomic mass is 9.96. The average Bonchev–Trinajstić information content (AvgIpc) is 2.04. The summed E-state index contributed by atoms with van der Waals surface area (Å²) in [5.74, 6) is 0.925. The van der Waals surface area contributed by atoms with Crippen molar-refractivity contribution in [2.45, 2.75) is 23.8 Å². The summed E-state index contributed by atoms with van der Waals surface area (Å²) in [4.78, 5) is 4.58. The number of hydrogen-bond donors (Lipinski definition) is 0. The van der Waals surface area contributed by atoms with E-state index in [-0.39, 0.29) is 0 Å². The number of ether oxygens (including phenoxy) is 1. The third-order valence-corrected chi connectivity index (χ3v) is 2.74. The van der Waals surface area contributed by atoms with Crippen LogP contribution >= 0.6 is 15.9 Å². The van der Waals surface area contributed by atoms with Gasteiger partial charge in [-0.1, -0.05) is 15.9 Å². The lowest BCUT2D eigenvalue weighted by Gasteiger charge is -2.31. The van der Waals surface area contributed by atoms with E-state index in [4.69, 9.17) is 4.74 Å². The minimum Gasteiger partial charge on any atom is -0.490 e. The van der Waals surface area contributed by atoms with Gasteiger partial charge in [0.1, 0.15) is 11.9 Å². The molecule has 0 amide bonds. The van der Waals surface area contributed by atoms with Gasteiger partial charge >= 0.3 is 0 Å². The zero-order valence-corrected chi connectivity index (χ0v) is 8.20. The Labute approximate surface area is 80.1 Å². The Hall–Kier alpha value is -0.570. The van der Waals surface area contributed by atoms with E-state index < -0.39 is 0 Å². The summed E-state index contributed by atoms with van der Waals surface area (Å²) in [5.41, 5.74) is 0. The van der Waals surface area contributed by atoms with Crippen LogP contribution in [0.5, 0.6) is 5.75 Å². The molecular formula is C9H10BrNO. The van der Waals surface area contributed by atoms with Crippen LogP contribution in [-0.4, -0.2) is 15.9 Å². The molecule has 12 heavy (non-hydrogen) atoms. The molecule has 0 aromatic carbocycles. The summed E-state index contributed by atoms with van der Waals surface area (Å²) in [5, 5.41) is 0. The van der Waals surface area contributed by atoms with Crippen molar-refractivity contribution >= 4 is 15.9 Å². The van der Waals surface area contributed by atoms with Gasteiger partial charge in [-0.05, 0) is 25.0 Å². The zero-order valence-electron chi connectivity index (χ0n) is 6.61. The molecule has 1 heterocycles. The van der Waals surface area contributed by atoms with Crippen LogP contribution < -0.4 is 4.74 Å². The Kier molecular flexibility index (Phi) is 2.30. The molecule has 1 aromatic heterocycles. The van der Waals surface area contributed by atoms with Crippen LogP contribution in [-0.2, 0) is 0 Å². The van der Waals surface area contributed by atoms with Crippen LogP contribution in [0.3, 0.4) is 0 Å². The molecule has 2 nitrogen and oxygen atoms in total. The predicted molar refractivity (Wildman–Crippen MR) is 50.6 cm³/mol. The van der Waals surface area contributed by atoms with Crippen LogP contribution in [0.25, 0.3) is 0 Å². The molecule has 0 aliphatic heterocycles. The van der Waals surface area contributed by atoms with Crippen LogP contribution in [0.2, 0.25) is 0 Å². The topological polar surface area (TPSA) is 22.1 Å². The molecule has 0 atom stereocenters. The fraction of sp³-hybridized carbons (Fsp3) is 0.444. The van der Waals surface area contributed by atoms with Crippen LogP contribution in [0, 0.1) is 0 Å². The van der Waals surface area contributed by atoms with Gasteiger partial charge in [-0.3, -0.25) is 4.98 Å². The highest BCUT2D eigenvalue weighted by molar-refractivity contribution is 9.09. The van der Waals surface area contributed by atoms with E-state index >= 15 is 0 Å². The highest BCUT2D eigenvalue weighted by atomic mass is 79.9. The SMILES string of the molecule is BrC1CC(Oc2ccncc2)C1. The minimum atomic E-state index is 0.400. The van der Waals surface area contributed by atoms with Crippen LogP contribution in [0.1, 0.15) is 12.8 Å². The van der Waals surface area contributed by atoms with E-state index in [1.165, 1.54) is 0 Å². The molecule has 1 aromatic rings. The molecule has 1 aliphatic rings. The largest absolute Gasteiger partial charge is 0.490 e. The molecule has 1 aliphatic carbocycles. The standard InChI is InChI=1S/C9H10BrNO/c10-7-5-9(6-7)12-8-1-3-11-4-2-8/h1-4,7,9H,5-6H2. The first-order valence-electron chi connectivity index (χ1n) is 4.05. The maximum Gasteiger partial charge on any atom is 0.122 e. The van der Waals surface area contributed by atoms with E-state index in [2.05, 4.69) is 20.9 Å². The molecule has 0 bridgehead atoms. The molecule has 1 saturated carbocycles. The van der Waals surface area contributed by atoms with Gasteiger partial charge in [-0.15, -0.1) is 0 Å². The molecule has 0 saturated heterocycles. The summed E-state index contributed by atoms with van der Waals surface area (Å²) in [7, 11) is 0. The number of rotatable bonds is 2. The molecular weight excluding hydrogens is 218 g/mol. The third-order valence-electron chi connectivity index (χ3n) is 1.99. The van der Waals surface area contributed by atoms with Crippen molar-refractivity contribution in [3.05, 3.63) is 24.5 Å². The Morgan fingerprint density at radius 3 is 2.58 bits per heavy atom. The van der Waals surface area contributed by atoms with Gasteiger partial charge in [0.15, 0.2) is 0 Å². The highest BCUT2D eigenvalue weighted by Gasteiger charge is 2.28. The third kappa shape index (κ3) is 1.78. The first-order valence-corrected chi connectivity index (χ1v) is 4.97. The van der Waals surface area contributed by atoms with Gasteiger partial charge in [0, 0.05) is 17.2 Å². The van der Waals surface area contributed by atoms with Gasteiger partial charge in [0.2, 0.25) is 0 Å². The van der Waals surface area contributed by atoms with E-state index in [0.29, 0.717) is 10.9 Å². The first-order chi connectivity index (χ1) is 5.84. The van der Waals surface area contributed by atoms with E-state index in [1.54, 1.807) is 12.4 Å². The van der Waals surface area contributed by atoms with Crippen molar-refractivity contribution < 1.29 is 4.74 Å². The van der Waals surface area contributed by atoms with E-state index in [0.717, 1.165) is 18.6 Å². The quantitative estimate of drug-likeness (QED) is 0.725. The summed E-state index contributed by atoms with van der Waals surface area (Å²) in [6.45, 7) is 0. The molecule has 2 rings (SSSR count). The number of halogens is 1. The van der Waals surface area contributed by atoms with Gasteiger partial charge in [0.25, 0.3) is 0 Å². The molecule has 0 unspecified atom stereocenters. The predicted octanol–water partition coefficient (Wildman–Crippen LogP) is 2.39. The van der Waals surface area contributed by atoms with Gasteiger partial charge in [-0.25, -0.2) is 0 Å². The maximum absolute atomic E-state index is 5.65. The second-order valence-corrected chi connectivity index (χ2v) is 4.29. The molecule has 0 spiro atoms. The normalized spacial score (nSPS) is 27.8. The van der Waals surface area contributed by atoms with Crippen LogP contribution in [0.15, 0.2) is 24.5 Å². The van der Waals surface area contributed by atoms with E-state index in [1.807, 2.05) is 12.1 Å². The molecule has 0 N–H and O–H groups in total. The second kappa shape index (κ2) is 3.44. The molecule has 1 fully saturated rings. The fourth-order valence-electron chi connectivity index (χ4n) is 1.21. The van der Waals surface area contributed by atoms with Crippen molar-refractivity contribution in [1.82, 2.24) is 4.98 Å². The van der Waals surface area contributed by atoms with Crippen LogP contribution in [0.4, 0.5) is 0 Å². The highest BCUT2D eigenvalue weighted by Crippen LogP contribution is 2.30. The smallest absolute Gasteiger partial charge is 0.122 e. The number of alkyl halides is 1. The zero-order chi connectivity index (χ0) is 8.39. The molecule has 64 valence electrons. The molecule has 3 heteroatoms. The fourth-order valence-corrected chi connectivity index (χ4v) is 2.04. The summed E-state index contributed by atoms with van der Waals surface area (Å²) >= 11 is 3.52. The average molecular weight is 228 g/mol. The van der Waals surface area contributed by atoms with Gasteiger partial charge in [0.05, 0.1) is 0 Å². The Balaban J connectivity index is 1.88. The lowest BCUT2D eigenvalue weighted by molar-refractivity contribution is 0.128. The van der Waals surface area contributed by atoms with Crippen molar-refractivity contribution in [2.24, 2.45) is 0 Å². The number of pyridine rings is 1. The Morgan fingerprint density at radius 1 is 1.33 bits per heavy atom. The Bertz CT molecular complexity index is 246. The molecule has 0 radical (unpaired) electrons. The number of hydrogen-bond acceptors (Lipinski definition) is 2. The van der Waals surface area contributed by atoms with Gasteiger partial charge < -0.3 is 4.74 Å². The van der Waals surface area contributed by atoms with Crippen molar-refractivity contribution in [2.75, 3.05) is 0 Å². The van der Waals surface area contributed by atoms with Crippen molar-refractivity contribution in [1.29, 1.82) is 0 Å². The maximum atomic E-state index is 5.65.